The van der Waals surface area contributed by atoms with E-state index in [2.05, 4.69) is 0 Å². The Kier molecular flexibility index (Phi) is 8.72. The predicted molar refractivity (Wildman–Crippen MR) is 116 cm³/mol. The lowest BCUT2D eigenvalue weighted by Gasteiger charge is -2.41. The molecule has 0 aliphatic carbocycles. The number of nitrogen functional groups attached to an aromatic ring is 2. The lowest BCUT2D eigenvalue weighted by molar-refractivity contribution is -0.376. The third-order valence-corrected chi connectivity index (χ3v) is 6.91. The highest BCUT2D eigenvalue weighted by Crippen LogP contribution is 2.60. The maximum atomic E-state index is 14.7. The van der Waals surface area contributed by atoms with Gasteiger partial charge in [-0.2, -0.15) is 79.0 Å². The Hall–Kier alpha value is -3.30. The van der Waals surface area contributed by atoms with Crippen LogP contribution in [0, 0.1) is 13.8 Å². The summed E-state index contributed by atoms with van der Waals surface area (Å²) in [4.78, 5) is 0. The van der Waals surface area contributed by atoms with Gasteiger partial charge in [-0.25, -0.2) is 0 Å². The van der Waals surface area contributed by atoms with E-state index in [1.165, 1.54) is 0 Å². The minimum atomic E-state index is -7.06. The molecule has 0 atom stereocenters. The third-order valence-electron chi connectivity index (χ3n) is 6.91. The molecule has 0 saturated carbocycles. The van der Waals surface area contributed by atoms with Gasteiger partial charge in [-0.05, 0) is 48.2 Å². The standard InChI is InChI=1S/C23H16F18N2O2/c1-7-3-9(5-11(13(7)42)16(44,20(30,31)32)21(33,34)35)15(18(24,25)26,19(27,28)29)10-4-8(2)14(43)12(6-10)17(45,22(36,37)38)23(39,40)41/h3-6,44-45H,42-43H2,1-2H3. The summed E-state index contributed by atoms with van der Waals surface area (Å²) in [6, 6.07) is -3.04. The molecule has 6 N–H and O–H groups in total. The second-order valence-corrected chi connectivity index (χ2v) is 9.67. The van der Waals surface area contributed by atoms with Gasteiger partial charge >= 0.3 is 37.1 Å². The number of nitrogens with two attached hydrogens (primary N) is 2. The van der Waals surface area contributed by atoms with E-state index >= 15 is 0 Å². The van der Waals surface area contributed by atoms with Crippen molar-refractivity contribution in [3.05, 3.63) is 57.6 Å². The van der Waals surface area contributed by atoms with Gasteiger partial charge in [-0.3, -0.25) is 0 Å². The molecule has 2 aromatic carbocycles. The number of alkyl halides is 18. The zero-order valence-corrected chi connectivity index (χ0v) is 21.7. The van der Waals surface area contributed by atoms with Crippen LogP contribution in [-0.2, 0) is 16.6 Å². The first-order valence-electron chi connectivity index (χ1n) is 11.2. The van der Waals surface area contributed by atoms with Crippen molar-refractivity contribution in [2.24, 2.45) is 0 Å². The number of anilines is 2. The van der Waals surface area contributed by atoms with Gasteiger partial charge < -0.3 is 21.7 Å². The molecule has 2 aromatic rings. The molecule has 0 unspecified atom stereocenters. The lowest BCUT2D eigenvalue weighted by atomic mass is 9.69. The van der Waals surface area contributed by atoms with E-state index in [9.17, 15) is 89.2 Å². The number of hydrogen-bond donors (Lipinski definition) is 4. The van der Waals surface area contributed by atoms with Crippen molar-refractivity contribution < 1.29 is 89.2 Å². The fourth-order valence-electron chi connectivity index (χ4n) is 4.54. The van der Waals surface area contributed by atoms with Gasteiger partial charge in [-0.15, -0.1) is 0 Å². The highest BCUT2D eigenvalue weighted by Gasteiger charge is 2.76. The molecule has 0 aromatic heterocycles. The maximum absolute atomic E-state index is 14.7. The van der Waals surface area contributed by atoms with Crippen molar-refractivity contribution in [2.45, 2.75) is 67.5 Å². The van der Waals surface area contributed by atoms with Crippen molar-refractivity contribution in [3.63, 3.8) is 0 Å². The molecule has 0 heterocycles. The average Bonchev–Trinajstić information content (AvgIpc) is 2.77. The molecule has 45 heavy (non-hydrogen) atoms. The molecule has 4 nitrogen and oxygen atoms in total. The van der Waals surface area contributed by atoms with E-state index in [0.717, 1.165) is 0 Å². The van der Waals surface area contributed by atoms with Gasteiger partial charge in [0.25, 0.3) is 11.2 Å². The van der Waals surface area contributed by atoms with Crippen LogP contribution in [0.25, 0.3) is 0 Å². The van der Waals surface area contributed by atoms with Crippen LogP contribution in [0.2, 0.25) is 0 Å². The molecule has 256 valence electrons. The Morgan fingerprint density at radius 1 is 0.422 bits per heavy atom. The summed E-state index contributed by atoms with van der Waals surface area (Å²) in [5, 5.41) is 19.5. The highest BCUT2D eigenvalue weighted by molar-refractivity contribution is 5.64. The van der Waals surface area contributed by atoms with Gasteiger partial charge in [0.15, 0.2) is 0 Å². The van der Waals surface area contributed by atoms with E-state index in [1.54, 1.807) is 0 Å². The molecule has 0 radical (unpaired) electrons. The highest BCUT2D eigenvalue weighted by atomic mass is 19.4. The Morgan fingerprint density at radius 3 is 0.822 bits per heavy atom. The van der Waals surface area contributed by atoms with Crippen LogP contribution in [0.15, 0.2) is 24.3 Å². The van der Waals surface area contributed by atoms with E-state index < -0.39 is 123 Å². The first-order chi connectivity index (χ1) is 19.6. The number of halogens is 18. The van der Waals surface area contributed by atoms with Gasteiger partial charge in [0.05, 0.1) is 0 Å². The van der Waals surface area contributed by atoms with Crippen molar-refractivity contribution in [1.82, 2.24) is 0 Å². The van der Waals surface area contributed by atoms with Crippen LogP contribution in [0.5, 0.6) is 0 Å². The second kappa shape index (κ2) is 10.4. The van der Waals surface area contributed by atoms with Gasteiger partial charge in [0.1, 0.15) is 0 Å². The summed E-state index contributed by atoms with van der Waals surface area (Å²) >= 11 is 0. The SMILES string of the molecule is Cc1cc(C(c2cc(C)c(N)c(C(O)(C(F)(F)F)C(F)(F)F)c2)(C(F)(F)F)C(F)(F)F)cc(C(O)(C(F)(F)F)C(F)(F)F)c1N. The van der Waals surface area contributed by atoms with Crippen LogP contribution in [0.3, 0.4) is 0 Å². The number of benzene rings is 2. The van der Waals surface area contributed by atoms with Gasteiger partial charge in [0, 0.05) is 22.5 Å². The van der Waals surface area contributed by atoms with E-state index in [-0.39, 0.29) is 0 Å². The number of hydrogen-bond acceptors (Lipinski definition) is 4. The van der Waals surface area contributed by atoms with Crippen LogP contribution < -0.4 is 11.5 Å². The van der Waals surface area contributed by atoms with Crippen LogP contribution >= 0.6 is 0 Å². The third kappa shape index (κ3) is 5.35. The minimum absolute atomic E-state index is 0.290. The summed E-state index contributed by atoms with van der Waals surface area (Å²) in [6.45, 7) is 0.581. The van der Waals surface area contributed by atoms with Crippen LogP contribution in [0.1, 0.15) is 33.4 Å². The molecule has 0 fully saturated rings. The Balaban J connectivity index is 3.41. The summed E-state index contributed by atoms with van der Waals surface area (Å²) < 4.78 is 251. The topological polar surface area (TPSA) is 92.5 Å². The van der Waals surface area contributed by atoms with E-state index in [4.69, 9.17) is 11.5 Å². The fraction of sp³-hybridized carbons (Fsp3) is 0.478. The second-order valence-electron chi connectivity index (χ2n) is 9.67. The molecule has 0 spiro atoms. The largest absolute Gasteiger partial charge is 0.430 e. The average molecular weight is 694 g/mol. The molecule has 2 rings (SSSR count). The molecule has 22 heteroatoms. The van der Waals surface area contributed by atoms with Gasteiger partial charge in [-0.1, -0.05) is 12.1 Å². The first kappa shape index (κ1) is 37.9. The number of rotatable bonds is 4. The molecular weight excluding hydrogens is 678 g/mol. The molecule has 0 aliphatic rings. The lowest BCUT2D eigenvalue weighted by Crippen LogP contribution is -2.57. The zero-order chi connectivity index (χ0) is 35.9. The summed E-state index contributed by atoms with van der Waals surface area (Å²) in [5.41, 5.74) is -25.9. The molecule has 0 bridgehead atoms. The fourth-order valence-corrected chi connectivity index (χ4v) is 4.54. The number of aliphatic hydroxyl groups is 2. The quantitative estimate of drug-likeness (QED) is 0.197. The minimum Gasteiger partial charge on any atom is -0.398 e. The number of aryl methyl sites for hydroxylation is 2. The van der Waals surface area contributed by atoms with E-state index in [1.807, 2.05) is 0 Å². The maximum Gasteiger partial charge on any atom is 0.430 e. The first-order valence-corrected chi connectivity index (χ1v) is 11.2. The van der Waals surface area contributed by atoms with E-state index in [0.29, 0.717) is 13.8 Å². The molecule has 0 saturated heterocycles. The summed E-state index contributed by atoms with van der Waals surface area (Å²) in [6.07, 6.45) is -41.9. The van der Waals surface area contributed by atoms with Crippen molar-refractivity contribution >= 4 is 11.4 Å². The summed E-state index contributed by atoms with van der Waals surface area (Å²) in [7, 11) is 0. The predicted octanol–water partition coefficient (Wildman–Crippen LogP) is 7.50. The smallest absolute Gasteiger partial charge is 0.398 e. The molecule has 0 aliphatic heterocycles. The Bertz CT molecular complexity index is 1310. The Morgan fingerprint density at radius 2 is 0.644 bits per heavy atom. The molecular formula is C23H16F18N2O2. The Labute approximate surface area is 238 Å². The van der Waals surface area contributed by atoms with Crippen LogP contribution in [-0.4, -0.2) is 47.3 Å². The zero-order valence-electron chi connectivity index (χ0n) is 21.7. The molecule has 0 amide bonds. The van der Waals surface area contributed by atoms with Crippen molar-refractivity contribution in [1.29, 1.82) is 0 Å². The normalized spacial score (nSPS) is 15.1. The van der Waals surface area contributed by atoms with Crippen molar-refractivity contribution in [3.8, 4) is 0 Å². The van der Waals surface area contributed by atoms with Crippen LogP contribution in [0.4, 0.5) is 90.4 Å². The van der Waals surface area contributed by atoms with Crippen molar-refractivity contribution in [2.75, 3.05) is 11.5 Å². The monoisotopic (exact) mass is 694 g/mol. The van der Waals surface area contributed by atoms with Gasteiger partial charge in [0.2, 0.25) is 5.41 Å². The summed E-state index contributed by atoms with van der Waals surface area (Å²) in [5.74, 6) is 0.